The van der Waals surface area contributed by atoms with E-state index in [1.165, 1.54) is 6.92 Å². The predicted molar refractivity (Wildman–Crippen MR) is 44.6 cm³/mol. The van der Waals surface area contributed by atoms with Crippen molar-refractivity contribution in [3.05, 3.63) is 0 Å². The Kier molecular flexibility index (Phi) is 4.97. The Balaban J connectivity index is 3.78. The van der Waals surface area contributed by atoms with Gasteiger partial charge in [-0.1, -0.05) is 0 Å². The first-order valence-electron chi connectivity index (χ1n) is 4.15. The molecule has 0 spiro atoms. The number of nitrogens with zero attached hydrogens (tertiary/aromatic N) is 1. The highest BCUT2D eigenvalue weighted by Gasteiger charge is 2.40. The van der Waals surface area contributed by atoms with Gasteiger partial charge in [0.05, 0.1) is 6.07 Å². The van der Waals surface area contributed by atoms with Crippen LogP contribution in [0.5, 0.6) is 0 Å². The van der Waals surface area contributed by atoms with Crippen molar-refractivity contribution in [3.8, 4) is 6.07 Å². The summed E-state index contributed by atoms with van der Waals surface area (Å²) in [7, 11) is 0. The summed E-state index contributed by atoms with van der Waals surface area (Å²) in [6.45, 7) is -0.239. The summed E-state index contributed by atoms with van der Waals surface area (Å²) < 4.78 is 52.2. The highest BCUT2D eigenvalue weighted by Crippen LogP contribution is 2.22. The van der Waals surface area contributed by atoms with Gasteiger partial charge in [0.1, 0.15) is 12.1 Å². The number of hydrogen-bond donors (Lipinski definition) is 1. The highest BCUT2D eigenvalue weighted by atomic mass is 19.3. The molecule has 0 heterocycles. The lowest BCUT2D eigenvalue weighted by atomic mass is 10.0. The van der Waals surface area contributed by atoms with Crippen LogP contribution >= 0.6 is 0 Å². The van der Waals surface area contributed by atoms with E-state index in [1.807, 2.05) is 0 Å². The summed E-state index contributed by atoms with van der Waals surface area (Å²) in [5.41, 5.74) is 4.15. The number of ether oxygens (including phenoxy) is 1. The molecule has 1 unspecified atom stereocenters. The van der Waals surface area contributed by atoms with Gasteiger partial charge in [-0.2, -0.15) is 14.0 Å². The minimum absolute atomic E-state index is 0.00280. The molecule has 3 nitrogen and oxygen atoms in total. The van der Waals surface area contributed by atoms with Gasteiger partial charge in [0.2, 0.25) is 0 Å². The van der Waals surface area contributed by atoms with Crippen LogP contribution in [-0.2, 0) is 4.74 Å². The Morgan fingerprint density at radius 1 is 1.47 bits per heavy atom. The molecule has 0 saturated heterocycles. The van der Waals surface area contributed by atoms with E-state index in [1.54, 1.807) is 6.07 Å². The maximum Gasteiger partial charge on any atom is 0.330 e. The quantitative estimate of drug-likeness (QED) is 0.554. The predicted octanol–water partition coefficient (Wildman–Crippen LogP) is 1.53. The summed E-state index contributed by atoms with van der Waals surface area (Å²) in [4.78, 5) is 0. The minimum atomic E-state index is -4.16. The monoisotopic (exact) mass is 228 g/mol. The first kappa shape index (κ1) is 14.1. The normalized spacial score (nSPS) is 16.1. The topological polar surface area (TPSA) is 59.0 Å². The molecule has 0 bridgehead atoms. The third kappa shape index (κ3) is 5.54. The third-order valence-corrected chi connectivity index (χ3v) is 1.63. The average molecular weight is 228 g/mol. The van der Waals surface area contributed by atoms with Gasteiger partial charge in [0.25, 0.3) is 0 Å². The van der Waals surface area contributed by atoms with Crippen LogP contribution in [0.15, 0.2) is 0 Å². The van der Waals surface area contributed by atoms with Crippen molar-refractivity contribution in [3.63, 3.8) is 0 Å². The van der Waals surface area contributed by atoms with Crippen LogP contribution in [0, 0.1) is 11.3 Å². The zero-order chi connectivity index (χ0) is 12.1. The Morgan fingerprint density at radius 3 is 2.40 bits per heavy atom. The van der Waals surface area contributed by atoms with E-state index in [-0.39, 0.29) is 13.0 Å². The summed E-state index contributed by atoms with van der Waals surface area (Å²) in [5, 5.41) is 8.44. The second-order valence-corrected chi connectivity index (χ2v) is 3.39. The van der Waals surface area contributed by atoms with E-state index in [4.69, 9.17) is 11.0 Å². The Bertz CT molecular complexity index is 237. The number of nitrogens with two attached hydrogens (primary N) is 1. The van der Waals surface area contributed by atoms with Crippen molar-refractivity contribution in [2.45, 2.75) is 31.2 Å². The molecular weight excluding hydrogens is 216 g/mol. The van der Waals surface area contributed by atoms with Crippen LogP contribution in [-0.4, -0.2) is 31.1 Å². The molecule has 0 aromatic carbocycles. The highest BCUT2D eigenvalue weighted by molar-refractivity contribution is 5.00. The van der Waals surface area contributed by atoms with Crippen molar-refractivity contribution < 1.29 is 22.3 Å². The van der Waals surface area contributed by atoms with Crippen LogP contribution in [0.2, 0.25) is 0 Å². The Morgan fingerprint density at radius 2 is 2.00 bits per heavy atom. The molecule has 88 valence electrons. The number of rotatable bonds is 6. The van der Waals surface area contributed by atoms with Crippen molar-refractivity contribution >= 4 is 0 Å². The lowest BCUT2D eigenvalue weighted by Crippen LogP contribution is -2.37. The fourth-order valence-corrected chi connectivity index (χ4v) is 0.611. The van der Waals surface area contributed by atoms with Crippen molar-refractivity contribution in [2.75, 3.05) is 13.2 Å². The van der Waals surface area contributed by atoms with Crippen LogP contribution in [0.3, 0.4) is 0 Å². The molecule has 0 aliphatic carbocycles. The number of nitriles is 1. The smallest absolute Gasteiger partial charge is 0.330 e. The third-order valence-electron chi connectivity index (χ3n) is 1.63. The minimum Gasteiger partial charge on any atom is -0.375 e. The largest absolute Gasteiger partial charge is 0.375 e. The molecule has 15 heavy (non-hydrogen) atoms. The fourth-order valence-electron chi connectivity index (χ4n) is 0.611. The fraction of sp³-hybridized carbons (Fsp3) is 0.875. The van der Waals surface area contributed by atoms with Gasteiger partial charge in [-0.25, -0.2) is 8.78 Å². The lowest BCUT2D eigenvalue weighted by molar-refractivity contribution is -0.166. The second-order valence-electron chi connectivity index (χ2n) is 3.39. The van der Waals surface area contributed by atoms with E-state index in [2.05, 4.69) is 4.74 Å². The van der Waals surface area contributed by atoms with Crippen molar-refractivity contribution in [1.82, 2.24) is 0 Å². The Labute approximate surface area is 84.8 Å². The van der Waals surface area contributed by atoms with Gasteiger partial charge < -0.3 is 10.5 Å². The van der Waals surface area contributed by atoms with Gasteiger partial charge in [-0.15, -0.1) is 0 Å². The van der Waals surface area contributed by atoms with Crippen LogP contribution in [0.4, 0.5) is 17.6 Å². The van der Waals surface area contributed by atoms with Gasteiger partial charge in [-0.05, 0) is 6.92 Å². The molecule has 0 radical (unpaired) electrons. The Hall–Kier alpha value is -0.870. The second kappa shape index (κ2) is 5.28. The van der Waals surface area contributed by atoms with E-state index in [0.29, 0.717) is 0 Å². The van der Waals surface area contributed by atoms with E-state index in [9.17, 15) is 17.6 Å². The number of alkyl halides is 4. The maximum absolute atomic E-state index is 12.3. The van der Waals surface area contributed by atoms with Crippen LogP contribution in [0.25, 0.3) is 0 Å². The molecule has 0 rings (SSSR count). The maximum atomic E-state index is 12.3. The molecule has 0 amide bonds. The van der Waals surface area contributed by atoms with E-state index in [0.717, 1.165) is 0 Å². The zero-order valence-electron chi connectivity index (χ0n) is 8.14. The molecule has 0 saturated carbocycles. The lowest BCUT2D eigenvalue weighted by Gasteiger charge is -2.18. The summed E-state index contributed by atoms with van der Waals surface area (Å²) in [6, 6.07) is 1.72. The molecule has 0 aliphatic heterocycles. The van der Waals surface area contributed by atoms with E-state index < -0.39 is 24.5 Å². The number of halogens is 4. The van der Waals surface area contributed by atoms with Gasteiger partial charge in [0, 0.05) is 13.0 Å². The summed E-state index contributed by atoms with van der Waals surface area (Å²) in [6.07, 6.45) is -3.75. The average Bonchev–Trinajstić information content (AvgIpc) is 2.12. The summed E-state index contributed by atoms with van der Waals surface area (Å²) >= 11 is 0. The van der Waals surface area contributed by atoms with Gasteiger partial charge in [-0.3, -0.25) is 0 Å². The number of hydrogen-bond acceptors (Lipinski definition) is 3. The van der Waals surface area contributed by atoms with Crippen LogP contribution < -0.4 is 5.73 Å². The SMILES string of the molecule is CC(N)(C#N)CCOCC(F)(F)C(F)F. The molecule has 2 N–H and O–H groups in total. The first-order valence-corrected chi connectivity index (χ1v) is 4.15. The van der Waals surface area contributed by atoms with Crippen molar-refractivity contribution in [1.29, 1.82) is 5.26 Å². The molecular formula is C8H12F4N2O. The standard InChI is InChI=1S/C8H12F4N2O/c1-7(14,4-13)2-3-15-5-8(11,12)6(9)10/h6H,2-3,5,14H2,1H3. The van der Waals surface area contributed by atoms with Gasteiger partial charge >= 0.3 is 12.3 Å². The molecule has 0 aliphatic rings. The first-order chi connectivity index (χ1) is 6.71. The molecule has 0 aromatic heterocycles. The van der Waals surface area contributed by atoms with Crippen LogP contribution in [0.1, 0.15) is 13.3 Å². The zero-order valence-corrected chi connectivity index (χ0v) is 8.14. The molecule has 0 aromatic rings. The molecule has 7 heteroatoms. The van der Waals surface area contributed by atoms with Gasteiger partial charge in [0.15, 0.2) is 0 Å². The van der Waals surface area contributed by atoms with E-state index >= 15 is 0 Å². The summed E-state index contributed by atoms with van der Waals surface area (Å²) in [5.74, 6) is -4.16. The van der Waals surface area contributed by atoms with Crippen molar-refractivity contribution in [2.24, 2.45) is 5.73 Å². The molecule has 0 fully saturated rings. The molecule has 1 atom stereocenters.